The van der Waals surface area contributed by atoms with Crippen LogP contribution in [0.2, 0.25) is 5.02 Å². The number of ether oxygens (including phenoxy) is 1. The Morgan fingerprint density at radius 2 is 2.10 bits per heavy atom. The van der Waals surface area contributed by atoms with Crippen LogP contribution in [-0.4, -0.2) is 30.2 Å². The van der Waals surface area contributed by atoms with Crippen molar-refractivity contribution < 1.29 is 9.66 Å². The molecule has 1 heterocycles. The second-order valence-corrected chi connectivity index (χ2v) is 6.42. The maximum atomic E-state index is 10.9. The van der Waals surface area contributed by atoms with Crippen LogP contribution in [0, 0.1) is 17.0 Å². The zero-order valence-corrected chi connectivity index (χ0v) is 12.9. The van der Waals surface area contributed by atoms with Crippen molar-refractivity contribution in [2.75, 3.05) is 24.6 Å². The van der Waals surface area contributed by atoms with Gasteiger partial charge in [-0.1, -0.05) is 24.4 Å². The van der Waals surface area contributed by atoms with Crippen LogP contribution in [0.15, 0.2) is 12.1 Å². The maximum Gasteiger partial charge on any atom is 0.271 e. The Labute approximate surface area is 129 Å². The first kappa shape index (κ1) is 14.6. The fraction of sp³-hybridized carbons (Fsp3) is 0.600. The molecule has 5 nitrogen and oxygen atoms in total. The fourth-order valence-corrected chi connectivity index (χ4v) is 3.96. The first-order valence-electron chi connectivity index (χ1n) is 7.34. The van der Waals surface area contributed by atoms with E-state index in [2.05, 4.69) is 4.90 Å². The number of hydrogen-bond donors (Lipinski definition) is 0. The van der Waals surface area contributed by atoms with Crippen LogP contribution in [-0.2, 0) is 4.74 Å². The number of non-ortho nitro benzene ring substituents is 1. The van der Waals surface area contributed by atoms with Gasteiger partial charge in [0.2, 0.25) is 0 Å². The minimum Gasteiger partial charge on any atom is -0.371 e. The Hall–Kier alpha value is -1.33. The number of hydrogen-bond acceptors (Lipinski definition) is 4. The number of aryl methyl sites for hydroxylation is 1. The van der Waals surface area contributed by atoms with E-state index >= 15 is 0 Å². The average Bonchev–Trinajstić information content (AvgIpc) is 2.86. The van der Waals surface area contributed by atoms with Crippen molar-refractivity contribution in [3.05, 3.63) is 32.8 Å². The van der Waals surface area contributed by atoms with Gasteiger partial charge in [0.15, 0.2) is 0 Å². The Morgan fingerprint density at radius 1 is 1.38 bits per heavy atom. The number of nitrogens with zero attached hydrogens (tertiary/aromatic N) is 2. The molecule has 3 rings (SSSR count). The smallest absolute Gasteiger partial charge is 0.271 e. The summed E-state index contributed by atoms with van der Waals surface area (Å²) in [6, 6.07) is 3.04. The van der Waals surface area contributed by atoms with Crippen LogP contribution in [0.4, 0.5) is 11.4 Å². The molecule has 0 aromatic heterocycles. The molecule has 1 aromatic carbocycles. The van der Waals surface area contributed by atoms with Gasteiger partial charge in [-0.05, 0) is 25.3 Å². The second kappa shape index (κ2) is 5.46. The van der Waals surface area contributed by atoms with Crippen molar-refractivity contribution in [3.8, 4) is 0 Å². The number of halogens is 1. The van der Waals surface area contributed by atoms with Crippen molar-refractivity contribution in [1.82, 2.24) is 0 Å². The summed E-state index contributed by atoms with van der Waals surface area (Å²) < 4.78 is 6.03. The molecule has 6 heteroatoms. The Balaban J connectivity index is 1.91. The minimum atomic E-state index is -0.402. The quantitative estimate of drug-likeness (QED) is 0.617. The van der Waals surface area contributed by atoms with E-state index in [9.17, 15) is 10.1 Å². The summed E-state index contributed by atoms with van der Waals surface area (Å²) in [5, 5.41) is 11.4. The number of rotatable bonds is 2. The normalized spacial score (nSPS) is 21.0. The predicted molar refractivity (Wildman–Crippen MR) is 82.2 cm³/mol. The number of nitro benzene ring substituents is 1. The standard InChI is InChI=1S/C15H19ClN2O3/c1-11-8-12(18(19)20)9-13(16)14(11)17-6-7-21-15(10-17)4-2-3-5-15/h8-9H,2-7,10H2,1H3. The topological polar surface area (TPSA) is 55.6 Å². The average molecular weight is 311 g/mol. The van der Waals surface area contributed by atoms with Crippen LogP contribution in [0.1, 0.15) is 31.2 Å². The molecule has 0 amide bonds. The molecular formula is C15H19ClN2O3. The third-order valence-corrected chi connectivity index (χ3v) is 4.82. The summed E-state index contributed by atoms with van der Waals surface area (Å²) in [6.45, 7) is 4.17. The SMILES string of the molecule is Cc1cc([N+](=O)[O-])cc(Cl)c1N1CCOC2(CCCC2)C1. The van der Waals surface area contributed by atoms with Gasteiger partial charge in [-0.25, -0.2) is 0 Å². The number of nitro groups is 1. The van der Waals surface area contributed by atoms with Crippen LogP contribution in [0.3, 0.4) is 0 Å². The molecule has 1 saturated heterocycles. The van der Waals surface area contributed by atoms with Gasteiger partial charge in [0.1, 0.15) is 0 Å². The van der Waals surface area contributed by atoms with Crippen LogP contribution in [0.25, 0.3) is 0 Å². The molecule has 2 fully saturated rings. The van der Waals surface area contributed by atoms with Crippen molar-refractivity contribution in [2.45, 2.75) is 38.2 Å². The minimum absolute atomic E-state index is 0.0458. The second-order valence-electron chi connectivity index (χ2n) is 6.01. The van der Waals surface area contributed by atoms with Gasteiger partial charge in [-0.3, -0.25) is 10.1 Å². The summed E-state index contributed by atoms with van der Waals surface area (Å²) in [5.74, 6) is 0. The molecule has 1 saturated carbocycles. The van der Waals surface area contributed by atoms with Gasteiger partial charge >= 0.3 is 0 Å². The lowest BCUT2D eigenvalue weighted by Gasteiger charge is -2.42. The highest BCUT2D eigenvalue weighted by Gasteiger charge is 2.40. The van der Waals surface area contributed by atoms with E-state index < -0.39 is 4.92 Å². The molecule has 21 heavy (non-hydrogen) atoms. The zero-order chi connectivity index (χ0) is 15.0. The zero-order valence-electron chi connectivity index (χ0n) is 12.1. The van der Waals surface area contributed by atoms with E-state index in [4.69, 9.17) is 16.3 Å². The summed E-state index contributed by atoms with van der Waals surface area (Å²) in [6.07, 6.45) is 4.60. The van der Waals surface area contributed by atoms with E-state index in [0.717, 1.165) is 37.2 Å². The van der Waals surface area contributed by atoms with Crippen molar-refractivity contribution in [3.63, 3.8) is 0 Å². The highest BCUT2D eigenvalue weighted by atomic mass is 35.5. The Morgan fingerprint density at radius 3 is 2.71 bits per heavy atom. The molecule has 0 unspecified atom stereocenters. The summed E-state index contributed by atoms with van der Waals surface area (Å²) >= 11 is 6.32. The van der Waals surface area contributed by atoms with Crippen LogP contribution in [0.5, 0.6) is 0 Å². The van der Waals surface area contributed by atoms with Crippen LogP contribution >= 0.6 is 11.6 Å². The molecule has 0 atom stereocenters. The molecule has 1 spiro atoms. The molecule has 1 aliphatic heterocycles. The molecule has 0 N–H and O–H groups in total. The number of anilines is 1. The van der Waals surface area contributed by atoms with E-state index in [0.29, 0.717) is 11.6 Å². The highest BCUT2D eigenvalue weighted by Crippen LogP contribution is 2.40. The molecule has 0 bridgehead atoms. The lowest BCUT2D eigenvalue weighted by Crippen LogP contribution is -2.50. The van der Waals surface area contributed by atoms with Crippen LogP contribution < -0.4 is 4.90 Å². The molecule has 1 aliphatic carbocycles. The van der Waals surface area contributed by atoms with E-state index in [1.165, 1.54) is 18.9 Å². The lowest BCUT2D eigenvalue weighted by molar-refractivity contribution is -0.384. The molecular weight excluding hydrogens is 292 g/mol. The summed E-state index contributed by atoms with van der Waals surface area (Å²) in [5.41, 5.74) is 1.77. The predicted octanol–water partition coefficient (Wildman–Crippen LogP) is 3.71. The fourth-order valence-electron chi connectivity index (χ4n) is 3.58. The van der Waals surface area contributed by atoms with Gasteiger partial charge in [-0.15, -0.1) is 0 Å². The van der Waals surface area contributed by atoms with Crippen molar-refractivity contribution >= 4 is 23.0 Å². The third kappa shape index (κ3) is 2.72. The molecule has 0 radical (unpaired) electrons. The third-order valence-electron chi connectivity index (χ3n) is 4.53. The summed E-state index contributed by atoms with van der Waals surface area (Å²) in [4.78, 5) is 12.7. The molecule has 1 aromatic rings. The van der Waals surface area contributed by atoms with Gasteiger partial charge < -0.3 is 9.64 Å². The van der Waals surface area contributed by atoms with E-state index in [1.54, 1.807) is 6.07 Å². The van der Waals surface area contributed by atoms with Crippen molar-refractivity contribution in [2.24, 2.45) is 0 Å². The number of benzene rings is 1. The molecule has 114 valence electrons. The Bertz CT molecular complexity index is 547. The van der Waals surface area contributed by atoms with Gasteiger partial charge in [0.25, 0.3) is 5.69 Å². The molecule has 2 aliphatic rings. The van der Waals surface area contributed by atoms with Gasteiger partial charge in [-0.2, -0.15) is 0 Å². The van der Waals surface area contributed by atoms with Gasteiger partial charge in [0.05, 0.1) is 27.8 Å². The van der Waals surface area contributed by atoms with Crippen molar-refractivity contribution in [1.29, 1.82) is 0 Å². The highest BCUT2D eigenvalue weighted by molar-refractivity contribution is 6.33. The first-order chi connectivity index (χ1) is 10.0. The monoisotopic (exact) mass is 310 g/mol. The first-order valence-corrected chi connectivity index (χ1v) is 7.72. The number of morpholine rings is 1. The van der Waals surface area contributed by atoms with E-state index in [1.807, 2.05) is 6.92 Å². The van der Waals surface area contributed by atoms with Gasteiger partial charge in [0, 0.05) is 25.2 Å². The van der Waals surface area contributed by atoms with E-state index in [-0.39, 0.29) is 11.3 Å². The largest absolute Gasteiger partial charge is 0.371 e. The Kier molecular flexibility index (Phi) is 3.80. The lowest BCUT2D eigenvalue weighted by atomic mass is 9.98. The summed E-state index contributed by atoms with van der Waals surface area (Å²) in [7, 11) is 0. The maximum absolute atomic E-state index is 10.9.